The average Bonchev–Trinajstić information content (AvgIpc) is 1.96. The molecular formula is C8H8N2O2. The second-order valence-electron chi connectivity index (χ2n) is 2.39. The van der Waals surface area contributed by atoms with Gasteiger partial charge in [-0.15, -0.1) is 0 Å². The number of amides is 1. The molecule has 4 heteroatoms. The van der Waals surface area contributed by atoms with Gasteiger partial charge >= 0.3 is 0 Å². The first-order chi connectivity index (χ1) is 5.59. The Morgan fingerprint density at radius 2 is 2.17 bits per heavy atom. The van der Waals surface area contributed by atoms with E-state index in [1.165, 1.54) is 25.2 Å². The minimum Gasteiger partial charge on any atom is -0.324 e. The van der Waals surface area contributed by atoms with Gasteiger partial charge in [0.05, 0.1) is 11.4 Å². The summed E-state index contributed by atoms with van der Waals surface area (Å²) < 4.78 is 0. The van der Waals surface area contributed by atoms with Gasteiger partial charge < -0.3 is 5.32 Å². The van der Waals surface area contributed by atoms with Crippen LogP contribution < -0.4 is 5.32 Å². The van der Waals surface area contributed by atoms with Crippen LogP contribution in [0, 0.1) is 5.41 Å². The first kappa shape index (κ1) is 8.39. The van der Waals surface area contributed by atoms with Gasteiger partial charge in [-0.05, 0) is 12.2 Å². The molecule has 4 nitrogen and oxygen atoms in total. The third-order valence-corrected chi connectivity index (χ3v) is 1.30. The third-order valence-electron chi connectivity index (χ3n) is 1.30. The summed E-state index contributed by atoms with van der Waals surface area (Å²) in [6.45, 7) is 1.33. The van der Waals surface area contributed by atoms with E-state index in [9.17, 15) is 9.59 Å². The number of hydrogen-bond acceptors (Lipinski definition) is 3. The third kappa shape index (κ3) is 1.88. The molecule has 0 fully saturated rings. The van der Waals surface area contributed by atoms with E-state index in [2.05, 4.69) is 5.32 Å². The summed E-state index contributed by atoms with van der Waals surface area (Å²) >= 11 is 0. The molecule has 0 aliphatic heterocycles. The molecule has 0 heterocycles. The Hall–Kier alpha value is -1.71. The van der Waals surface area contributed by atoms with Crippen molar-refractivity contribution in [3.05, 3.63) is 23.9 Å². The van der Waals surface area contributed by atoms with E-state index in [1.54, 1.807) is 0 Å². The molecule has 1 aliphatic rings. The van der Waals surface area contributed by atoms with Gasteiger partial charge in [0, 0.05) is 13.0 Å². The van der Waals surface area contributed by atoms with Crippen LogP contribution in [0.5, 0.6) is 0 Å². The summed E-state index contributed by atoms with van der Waals surface area (Å²) in [6, 6.07) is 0. The Morgan fingerprint density at radius 1 is 1.50 bits per heavy atom. The van der Waals surface area contributed by atoms with Crippen LogP contribution in [0.15, 0.2) is 23.9 Å². The smallest absolute Gasteiger partial charge is 0.221 e. The zero-order valence-corrected chi connectivity index (χ0v) is 6.55. The predicted octanol–water partition coefficient (Wildman–Crippen LogP) is 0.165. The molecule has 2 N–H and O–H groups in total. The van der Waals surface area contributed by atoms with Crippen molar-refractivity contribution in [3.63, 3.8) is 0 Å². The van der Waals surface area contributed by atoms with Crippen LogP contribution in [0.1, 0.15) is 6.92 Å². The van der Waals surface area contributed by atoms with Crippen molar-refractivity contribution in [1.29, 1.82) is 5.41 Å². The Morgan fingerprint density at radius 3 is 2.75 bits per heavy atom. The van der Waals surface area contributed by atoms with Gasteiger partial charge in [-0.3, -0.25) is 15.0 Å². The molecule has 1 rings (SSSR count). The Bertz CT molecular complexity index is 313. The summed E-state index contributed by atoms with van der Waals surface area (Å²) in [7, 11) is 0. The molecule has 0 saturated heterocycles. The number of hydrogen-bond donors (Lipinski definition) is 2. The number of carbonyl (C=O) groups is 2. The minimum absolute atomic E-state index is 0.143. The van der Waals surface area contributed by atoms with Crippen molar-refractivity contribution in [2.75, 3.05) is 0 Å². The van der Waals surface area contributed by atoms with E-state index in [-0.39, 0.29) is 23.1 Å². The molecule has 0 saturated carbocycles. The molecule has 0 atom stereocenters. The molecule has 0 spiro atoms. The highest BCUT2D eigenvalue weighted by Gasteiger charge is 2.10. The number of allylic oxidation sites excluding steroid dienone is 3. The standard InChI is InChI=1S/C8H8N2O2/c1-5(11)10-8-4-6(12)2-3-7(8)9/h2-4,9H,1H3,(H,10,11). The van der Waals surface area contributed by atoms with Crippen LogP contribution in [-0.2, 0) is 9.59 Å². The van der Waals surface area contributed by atoms with Crippen molar-refractivity contribution in [2.24, 2.45) is 0 Å². The van der Waals surface area contributed by atoms with E-state index >= 15 is 0 Å². The molecule has 62 valence electrons. The average molecular weight is 164 g/mol. The van der Waals surface area contributed by atoms with E-state index in [0.29, 0.717) is 0 Å². The predicted molar refractivity (Wildman–Crippen MR) is 43.8 cm³/mol. The molecule has 0 radical (unpaired) electrons. The van der Waals surface area contributed by atoms with Crippen molar-refractivity contribution >= 4 is 17.4 Å². The second kappa shape index (κ2) is 3.13. The number of carbonyl (C=O) groups excluding carboxylic acids is 2. The lowest BCUT2D eigenvalue weighted by molar-refractivity contribution is -0.118. The zero-order chi connectivity index (χ0) is 9.14. The monoisotopic (exact) mass is 164 g/mol. The van der Waals surface area contributed by atoms with Crippen LogP contribution in [0.3, 0.4) is 0 Å². The molecule has 12 heavy (non-hydrogen) atoms. The molecule has 1 aliphatic carbocycles. The molecule has 0 aromatic heterocycles. The van der Waals surface area contributed by atoms with Gasteiger partial charge in [0.25, 0.3) is 0 Å². The first-order valence-corrected chi connectivity index (χ1v) is 3.40. The Balaban J connectivity index is 2.81. The summed E-state index contributed by atoms with van der Waals surface area (Å²) in [6.07, 6.45) is 3.87. The second-order valence-corrected chi connectivity index (χ2v) is 2.39. The SMILES string of the molecule is CC(=O)NC1=CC(=O)C=CC1=N. The summed E-state index contributed by atoms with van der Waals surface area (Å²) in [4.78, 5) is 21.4. The first-order valence-electron chi connectivity index (χ1n) is 3.40. The van der Waals surface area contributed by atoms with Gasteiger partial charge in [-0.1, -0.05) is 0 Å². The topological polar surface area (TPSA) is 70.0 Å². The van der Waals surface area contributed by atoms with E-state index in [1.807, 2.05) is 0 Å². The van der Waals surface area contributed by atoms with Crippen LogP contribution in [0.2, 0.25) is 0 Å². The van der Waals surface area contributed by atoms with Gasteiger partial charge in [0.15, 0.2) is 5.78 Å². The summed E-state index contributed by atoms with van der Waals surface area (Å²) in [5.41, 5.74) is 0.403. The summed E-state index contributed by atoms with van der Waals surface area (Å²) in [5, 5.41) is 9.69. The van der Waals surface area contributed by atoms with Crippen LogP contribution in [0.25, 0.3) is 0 Å². The van der Waals surface area contributed by atoms with E-state index < -0.39 is 0 Å². The van der Waals surface area contributed by atoms with Gasteiger partial charge in [-0.25, -0.2) is 0 Å². The van der Waals surface area contributed by atoms with Gasteiger partial charge in [-0.2, -0.15) is 0 Å². The van der Waals surface area contributed by atoms with Gasteiger partial charge in [0.2, 0.25) is 5.91 Å². The highest BCUT2D eigenvalue weighted by Crippen LogP contribution is 2.01. The van der Waals surface area contributed by atoms with Gasteiger partial charge in [0.1, 0.15) is 0 Å². The van der Waals surface area contributed by atoms with E-state index in [0.717, 1.165) is 0 Å². The fourth-order valence-electron chi connectivity index (χ4n) is 0.816. The van der Waals surface area contributed by atoms with Crippen LogP contribution in [-0.4, -0.2) is 17.4 Å². The normalized spacial score (nSPS) is 15.9. The fraction of sp³-hybridized carbons (Fsp3) is 0.125. The maximum atomic E-state index is 10.8. The van der Waals surface area contributed by atoms with Crippen LogP contribution in [0.4, 0.5) is 0 Å². The van der Waals surface area contributed by atoms with Crippen LogP contribution >= 0.6 is 0 Å². The highest BCUT2D eigenvalue weighted by atomic mass is 16.1. The van der Waals surface area contributed by atoms with Crippen molar-refractivity contribution in [1.82, 2.24) is 5.32 Å². The largest absolute Gasteiger partial charge is 0.324 e. The number of ketones is 1. The molecule has 1 amide bonds. The zero-order valence-electron chi connectivity index (χ0n) is 6.55. The van der Waals surface area contributed by atoms with Crippen molar-refractivity contribution in [2.45, 2.75) is 6.92 Å². The molecule has 0 aromatic carbocycles. The molecule has 0 aromatic rings. The highest BCUT2D eigenvalue weighted by molar-refractivity contribution is 6.19. The quantitative estimate of drug-likeness (QED) is 0.542. The maximum absolute atomic E-state index is 10.8. The Labute approximate surface area is 69.5 Å². The lowest BCUT2D eigenvalue weighted by atomic mass is 10.1. The lowest BCUT2D eigenvalue weighted by Gasteiger charge is -2.08. The maximum Gasteiger partial charge on any atom is 0.221 e. The molecular weight excluding hydrogens is 156 g/mol. The van der Waals surface area contributed by atoms with E-state index in [4.69, 9.17) is 5.41 Å². The number of rotatable bonds is 1. The van der Waals surface area contributed by atoms with Crippen molar-refractivity contribution < 1.29 is 9.59 Å². The minimum atomic E-state index is -0.283. The summed E-state index contributed by atoms with van der Waals surface area (Å²) in [5.74, 6) is -0.496. The fourth-order valence-corrected chi connectivity index (χ4v) is 0.816. The number of nitrogens with one attached hydrogen (secondary N) is 2. The molecule has 0 unspecified atom stereocenters. The molecule has 0 bridgehead atoms. The van der Waals surface area contributed by atoms with Crippen molar-refractivity contribution in [3.8, 4) is 0 Å². The lowest BCUT2D eigenvalue weighted by Crippen LogP contribution is -2.26. The Kier molecular flexibility index (Phi) is 2.19.